The SMILES string of the molecule is COc1ccc(C)c(S(=O)(=O)[N](C)[Hg])c1. The average molecular weight is 415 g/mol. The third kappa shape index (κ3) is 2.70. The summed E-state index contributed by atoms with van der Waals surface area (Å²) >= 11 is 0.0464. The molecular formula is C9H12HgNO3S. The van der Waals surface area contributed by atoms with Crippen LogP contribution in [0.1, 0.15) is 5.56 Å². The van der Waals surface area contributed by atoms with E-state index in [-0.39, 0.29) is 26.4 Å². The molecule has 0 unspecified atom stereocenters. The van der Waals surface area contributed by atoms with Gasteiger partial charge < -0.3 is 0 Å². The molecule has 0 aliphatic carbocycles. The Labute approximate surface area is 107 Å². The second-order valence-corrected chi connectivity index (χ2v) is 10.7. The van der Waals surface area contributed by atoms with E-state index >= 15 is 0 Å². The van der Waals surface area contributed by atoms with Gasteiger partial charge in [0.1, 0.15) is 0 Å². The Bertz CT molecular complexity index is 456. The number of sulfonamides is 1. The molecule has 79 valence electrons. The van der Waals surface area contributed by atoms with E-state index in [0.717, 1.165) is 5.56 Å². The number of rotatable bonds is 3. The van der Waals surface area contributed by atoms with Gasteiger partial charge in [-0.1, -0.05) is 0 Å². The Morgan fingerprint density at radius 2 is 2.00 bits per heavy atom. The third-order valence-corrected chi connectivity index (χ3v) is 7.86. The summed E-state index contributed by atoms with van der Waals surface area (Å²) in [5.41, 5.74) is 0.744. The summed E-state index contributed by atoms with van der Waals surface area (Å²) < 4.78 is 30.3. The summed E-state index contributed by atoms with van der Waals surface area (Å²) in [6.45, 7) is 1.78. The van der Waals surface area contributed by atoms with Gasteiger partial charge in [-0.3, -0.25) is 0 Å². The van der Waals surface area contributed by atoms with Gasteiger partial charge in [0.25, 0.3) is 0 Å². The van der Waals surface area contributed by atoms with Crippen molar-refractivity contribution in [3.8, 4) is 5.75 Å². The van der Waals surface area contributed by atoms with Crippen molar-refractivity contribution in [2.45, 2.75) is 11.8 Å². The summed E-state index contributed by atoms with van der Waals surface area (Å²) in [5.74, 6) is 0.564. The van der Waals surface area contributed by atoms with E-state index in [2.05, 4.69) is 0 Å². The van der Waals surface area contributed by atoms with Gasteiger partial charge in [-0.2, -0.15) is 0 Å². The van der Waals surface area contributed by atoms with Crippen LogP contribution in [0.25, 0.3) is 0 Å². The Balaban J connectivity index is 3.37. The molecule has 0 N–H and O–H groups in total. The summed E-state index contributed by atoms with van der Waals surface area (Å²) in [4.78, 5) is 0.333. The van der Waals surface area contributed by atoms with Gasteiger partial charge in [-0.25, -0.2) is 0 Å². The maximum absolute atomic E-state index is 11.9. The first kappa shape index (κ1) is 12.9. The molecule has 0 radical (unpaired) electrons. The number of methoxy groups -OCH3 is 1. The van der Waals surface area contributed by atoms with Crippen LogP contribution in [0.5, 0.6) is 5.75 Å². The molecular weight excluding hydrogens is 403 g/mol. The van der Waals surface area contributed by atoms with Crippen LogP contribution in [-0.2, 0) is 36.4 Å². The quantitative estimate of drug-likeness (QED) is 0.696. The number of aryl methyl sites for hydroxylation is 1. The molecule has 15 heavy (non-hydrogen) atoms. The molecule has 0 amide bonds. The second kappa shape index (κ2) is 4.80. The van der Waals surface area contributed by atoms with Crippen LogP contribution in [0.4, 0.5) is 0 Å². The first-order valence-corrected chi connectivity index (χ1v) is 8.23. The Hall–Kier alpha value is -0.135. The molecule has 0 aliphatic heterocycles. The van der Waals surface area contributed by atoms with Crippen molar-refractivity contribution in [1.82, 2.24) is 2.07 Å². The van der Waals surface area contributed by atoms with Gasteiger partial charge >= 0.3 is 107 Å². The molecule has 0 heterocycles. The standard InChI is InChI=1S/C9H12NO3S.Hg/c1-7-4-5-8(13-3)6-9(7)14(11,12)10-2;/h4-6H,1-3H3;/q-1;+1. The second-order valence-electron chi connectivity index (χ2n) is 3.23. The monoisotopic (exact) mass is 416 g/mol. The van der Waals surface area contributed by atoms with Crippen molar-refractivity contribution < 1.29 is 39.6 Å². The molecule has 0 spiro atoms. The van der Waals surface area contributed by atoms with E-state index in [1.165, 1.54) is 9.18 Å². The molecule has 0 aromatic heterocycles. The van der Waals surface area contributed by atoms with E-state index in [0.29, 0.717) is 10.6 Å². The maximum atomic E-state index is 11.9. The molecule has 0 aliphatic rings. The van der Waals surface area contributed by atoms with Gasteiger partial charge in [0.2, 0.25) is 0 Å². The Morgan fingerprint density at radius 1 is 1.40 bits per heavy atom. The van der Waals surface area contributed by atoms with Crippen LogP contribution in [0, 0.1) is 6.92 Å². The normalized spacial score (nSPS) is 11.9. The molecule has 1 aromatic rings. The van der Waals surface area contributed by atoms with E-state index in [9.17, 15) is 8.42 Å². The van der Waals surface area contributed by atoms with E-state index < -0.39 is 10.0 Å². The summed E-state index contributed by atoms with van der Waals surface area (Å²) in [7, 11) is -0.183. The molecule has 0 saturated carbocycles. The van der Waals surface area contributed by atoms with Crippen LogP contribution in [0.3, 0.4) is 0 Å². The van der Waals surface area contributed by atoms with E-state index in [4.69, 9.17) is 4.74 Å². The number of ether oxygens (including phenoxy) is 1. The fraction of sp³-hybridized carbons (Fsp3) is 0.333. The average Bonchev–Trinajstić information content (AvgIpc) is 2.18. The van der Waals surface area contributed by atoms with E-state index in [1.54, 1.807) is 32.2 Å². The van der Waals surface area contributed by atoms with Crippen LogP contribution in [0.2, 0.25) is 0 Å². The van der Waals surface area contributed by atoms with Gasteiger partial charge in [-0.05, 0) is 0 Å². The molecule has 0 atom stereocenters. The Kier molecular flexibility index (Phi) is 4.14. The zero-order valence-corrected chi connectivity index (χ0v) is 15.3. The molecule has 0 saturated heterocycles. The van der Waals surface area contributed by atoms with Crippen molar-refractivity contribution >= 4 is 10.0 Å². The third-order valence-electron chi connectivity index (χ3n) is 2.08. The Morgan fingerprint density at radius 3 is 2.47 bits per heavy atom. The van der Waals surface area contributed by atoms with Gasteiger partial charge in [0.15, 0.2) is 0 Å². The van der Waals surface area contributed by atoms with Gasteiger partial charge in [0.05, 0.1) is 0 Å². The molecule has 1 rings (SSSR count). The fourth-order valence-electron chi connectivity index (χ4n) is 1.15. The topological polar surface area (TPSA) is 46.6 Å². The van der Waals surface area contributed by atoms with Gasteiger partial charge in [0, 0.05) is 0 Å². The minimum atomic E-state index is -3.30. The number of nitrogens with zero attached hydrogens (tertiary/aromatic N) is 1. The van der Waals surface area contributed by atoms with Crippen molar-refractivity contribution in [3.63, 3.8) is 0 Å². The van der Waals surface area contributed by atoms with Crippen molar-refractivity contribution in [2.75, 3.05) is 14.2 Å². The van der Waals surface area contributed by atoms with Gasteiger partial charge in [-0.15, -0.1) is 0 Å². The summed E-state index contributed by atoms with van der Waals surface area (Å²) in [6, 6.07) is 5.07. The molecule has 0 bridgehead atoms. The van der Waals surface area contributed by atoms with E-state index in [1.807, 2.05) is 0 Å². The summed E-state index contributed by atoms with van der Waals surface area (Å²) in [5, 5.41) is 0. The molecule has 0 fully saturated rings. The molecule has 4 nitrogen and oxygen atoms in total. The predicted octanol–water partition coefficient (Wildman–Crippen LogP) is 1.09. The zero-order chi connectivity index (χ0) is 11.6. The van der Waals surface area contributed by atoms with Crippen molar-refractivity contribution in [2.24, 2.45) is 0 Å². The number of hydrogen-bond donors (Lipinski definition) is 0. The fourth-order valence-corrected chi connectivity index (χ4v) is 3.85. The number of hydrogen-bond acceptors (Lipinski definition) is 3. The van der Waals surface area contributed by atoms with Crippen LogP contribution in [-0.4, -0.2) is 24.6 Å². The first-order valence-electron chi connectivity index (χ1n) is 4.33. The van der Waals surface area contributed by atoms with Crippen molar-refractivity contribution in [3.05, 3.63) is 23.8 Å². The molecule has 6 heteroatoms. The van der Waals surface area contributed by atoms with Crippen molar-refractivity contribution in [1.29, 1.82) is 0 Å². The molecule has 1 aromatic carbocycles. The predicted molar refractivity (Wildman–Crippen MR) is 52.7 cm³/mol. The number of benzene rings is 1. The zero-order valence-electron chi connectivity index (χ0n) is 9.02. The van der Waals surface area contributed by atoms with Crippen LogP contribution in [0.15, 0.2) is 23.1 Å². The minimum absolute atomic E-state index is 0.0464. The van der Waals surface area contributed by atoms with Crippen LogP contribution < -0.4 is 4.74 Å². The first-order chi connectivity index (χ1) is 6.89. The summed E-state index contributed by atoms with van der Waals surface area (Å²) in [6.07, 6.45) is 0. The van der Waals surface area contributed by atoms with Crippen LogP contribution >= 0.6 is 0 Å².